The summed E-state index contributed by atoms with van der Waals surface area (Å²) in [7, 11) is -0.200. The van der Waals surface area contributed by atoms with E-state index in [0.717, 1.165) is 22.0 Å². The average Bonchev–Trinajstić information content (AvgIpc) is 2.76. The van der Waals surface area contributed by atoms with E-state index in [4.69, 9.17) is 4.74 Å². The molecule has 0 spiro atoms. The molecular weight excluding hydrogens is 447 g/mol. The Morgan fingerprint density at radius 3 is 2.31 bits per heavy atom. The van der Waals surface area contributed by atoms with Crippen LogP contribution in [0, 0.1) is 0 Å². The summed E-state index contributed by atoms with van der Waals surface area (Å²) in [6.45, 7) is 5.43. The van der Waals surface area contributed by atoms with Gasteiger partial charge >= 0.3 is 6.18 Å². The number of hydrogen-bond donors (Lipinski definition) is 2. The summed E-state index contributed by atoms with van der Waals surface area (Å²) in [6.07, 6.45) is -1.61. The maximum atomic E-state index is 13.0. The van der Waals surface area contributed by atoms with Crippen LogP contribution < -0.4 is 20.3 Å². The number of halogens is 3. The summed E-state index contributed by atoms with van der Waals surface area (Å²) in [5.41, 5.74) is 0.664. The zero-order chi connectivity index (χ0) is 24.5. The van der Waals surface area contributed by atoms with Crippen molar-refractivity contribution in [2.24, 2.45) is 5.90 Å². The van der Waals surface area contributed by atoms with Crippen LogP contribution in [-0.2, 0) is 21.0 Å². The van der Waals surface area contributed by atoms with E-state index in [1.807, 2.05) is 6.92 Å². The second kappa shape index (κ2) is 11.4. The molecule has 2 rings (SSSR count). The predicted octanol–water partition coefficient (Wildman–Crippen LogP) is 4.55. The third-order valence-corrected chi connectivity index (χ3v) is 5.87. The Morgan fingerprint density at radius 2 is 1.84 bits per heavy atom. The number of para-hydroxylation sites is 2. The Kier molecular flexibility index (Phi) is 9.60. The van der Waals surface area contributed by atoms with Crippen LogP contribution in [0.3, 0.4) is 0 Å². The molecule has 11 heteroatoms. The van der Waals surface area contributed by atoms with E-state index in [9.17, 15) is 21.6 Å². The van der Waals surface area contributed by atoms with Crippen molar-refractivity contribution < 1.29 is 31.2 Å². The molecule has 0 aliphatic rings. The van der Waals surface area contributed by atoms with Gasteiger partial charge in [-0.25, -0.2) is 8.42 Å². The zero-order valence-electron chi connectivity index (χ0n) is 18.1. The first-order chi connectivity index (χ1) is 14.9. The van der Waals surface area contributed by atoms with E-state index < -0.39 is 26.7 Å². The quantitative estimate of drug-likeness (QED) is 0.348. The van der Waals surface area contributed by atoms with Crippen LogP contribution in [0.1, 0.15) is 12.5 Å². The summed E-state index contributed by atoms with van der Waals surface area (Å²) in [5.74, 6) is 4.48. The molecule has 32 heavy (non-hydrogen) atoms. The van der Waals surface area contributed by atoms with Crippen LogP contribution in [0.5, 0.6) is 5.75 Å². The molecule has 0 aromatic heterocycles. The van der Waals surface area contributed by atoms with Gasteiger partial charge in [-0.1, -0.05) is 24.3 Å². The van der Waals surface area contributed by atoms with Gasteiger partial charge in [-0.3, -0.25) is 4.31 Å². The summed E-state index contributed by atoms with van der Waals surface area (Å²) in [6, 6.07) is 8.89. The smallest absolute Gasteiger partial charge is 0.416 e. The molecule has 7 nitrogen and oxygen atoms in total. The number of allylic oxidation sites excluding steroid dienone is 2. The first-order valence-electron chi connectivity index (χ1n) is 9.08. The number of hydrogen-bond acceptors (Lipinski definition) is 6. The number of alkyl halides is 3. The highest BCUT2D eigenvalue weighted by molar-refractivity contribution is 7.93. The van der Waals surface area contributed by atoms with E-state index in [1.54, 1.807) is 37.4 Å². The van der Waals surface area contributed by atoms with Gasteiger partial charge in [0.05, 0.1) is 24.0 Å². The fourth-order valence-electron chi connectivity index (χ4n) is 2.45. The van der Waals surface area contributed by atoms with Crippen molar-refractivity contribution >= 4 is 21.4 Å². The fraction of sp³-hybridized carbons (Fsp3) is 0.238. The lowest BCUT2D eigenvalue weighted by Crippen LogP contribution is -2.28. The maximum Gasteiger partial charge on any atom is 0.416 e. The Morgan fingerprint density at radius 1 is 1.22 bits per heavy atom. The highest BCUT2D eigenvalue weighted by atomic mass is 32.2. The lowest BCUT2D eigenvalue weighted by molar-refractivity contribution is -0.137. The van der Waals surface area contributed by atoms with Crippen molar-refractivity contribution in [1.82, 2.24) is 0 Å². The number of ether oxygens (including phenoxy) is 1. The number of methoxy groups -OCH3 is 1. The second-order valence-electron chi connectivity index (χ2n) is 6.39. The molecule has 3 N–H and O–H groups in total. The monoisotopic (exact) mass is 473 g/mol. The first kappa shape index (κ1) is 26.9. The molecule has 0 radical (unpaired) electrons. The first-order valence-corrected chi connectivity index (χ1v) is 10.5. The van der Waals surface area contributed by atoms with E-state index in [1.165, 1.54) is 20.4 Å². The molecule has 0 aliphatic carbocycles. The molecule has 0 unspecified atom stereocenters. The molecule has 0 fully saturated rings. The summed E-state index contributed by atoms with van der Waals surface area (Å²) >= 11 is 0. The molecule has 2 aromatic rings. The average molecular weight is 474 g/mol. The number of sulfonamides is 1. The SMILES string of the molecule is C=C(C)/C=C\ON.CNc1ccccc1N(C)S(=O)(=O)c1cc(C(F)(F)F)ccc1OC. The van der Waals surface area contributed by atoms with Crippen molar-refractivity contribution in [3.05, 3.63) is 72.5 Å². The zero-order valence-corrected chi connectivity index (χ0v) is 18.9. The van der Waals surface area contributed by atoms with Crippen LogP contribution >= 0.6 is 0 Å². The largest absolute Gasteiger partial charge is 0.495 e. The second-order valence-corrected chi connectivity index (χ2v) is 8.33. The molecule has 0 bridgehead atoms. The molecule has 0 saturated carbocycles. The molecular formula is C21H26F3N3O4S. The molecule has 0 aliphatic heterocycles. The van der Waals surface area contributed by atoms with Gasteiger partial charge in [0.1, 0.15) is 16.9 Å². The van der Waals surface area contributed by atoms with Gasteiger partial charge in [0, 0.05) is 14.1 Å². The third kappa shape index (κ3) is 6.92. The van der Waals surface area contributed by atoms with Crippen LogP contribution in [-0.4, -0.2) is 29.6 Å². The third-order valence-electron chi connectivity index (χ3n) is 4.07. The van der Waals surface area contributed by atoms with E-state index >= 15 is 0 Å². The highest BCUT2D eigenvalue weighted by Crippen LogP contribution is 2.37. The maximum absolute atomic E-state index is 13.0. The molecule has 0 amide bonds. The van der Waals surface area contributed by atoms with Crippen LogP contribution in [0.15, 0.2) is 71.9 Å². The molecule has 2 aromatic carbocycles. The lowest BCUT2D eigenvalue weighted by Gasteiger charge is -2.23. The fourth-order valence-corrected chi connectivity index (χ4v) is 3.84. The van der Waals surface area contributed by atoms with Gasteiger partial charge in [-0.2, -0.15) is 19.1 Å². The number of nitrogens with two attached hydrogens (primary N) is 1. The lowest BCUT2D eigenvalue weighted by atomic mass is 10.2. The van der Waals surface area contributed by atoms with Gasteiger partial charge in [0.15, 0.2) is 0 Å². The predicted molar refractivity (Wildman–Crippen MR) is 119 cm³/mol. The summed E-state index contributed by atoms with van der Waals surface area (Å²) < 4.78 is 70.6. The van der Waals surface area contributed by atoms with E-state index in [-0.39, 0.29) is 5.75 Å². The van der Waals surface area contributed by atoms with Crippen molar-refractivity contribution in [3.8, 4) is 5.75 Å². The van der Waals surface area contributed by atoms with E-state index in [2.05, 4.69) is 22.6 Å². The molecule has 0 saturated heterocycles. The van der Waals surface area contributed by atoms with Crippen LogP contribution in [0.25, 0.3) is 0 Å². The number of anilines is 2. The normalized spacial score (nSPS) is 11.4. The molecule has 0 heterocycles. The number of nitrogens with zero attached hydrogens (tertiary/aromatic N) is 1. The van der Waals surface area contributed by atoms with Crippen molar-refractivity contribution in [2.75, 3.05) is 30.8 Å². The van der Waals surface area contributed by atoms with E-state index in [0.29, 0.717) is 17.4 Å². The Labute approximate surface area is 185 Å². The van der Waals surface area contributed by atoms with Gasteiger partial charge in [-0.05, 0) is 43.3 Å². The minimum absolute atomic E-state index is 0.165. The standard InChI is InChI=1S/C16H17F3N2O3S.C5H9NO/c1-20-12-6-4-5-7-13(12)21(2)25(22,23)15-10-11(16(17,18)19)8-9-14(15)24-3;1-5(2)3-4-7-6/h4-10,20H,1-3H3;3-4H,1,6H2,2H3/b;4-3-. The summed E-state index contributed by atoms with van der Waals surface area (Å²) in [5, 5.41) is 2.85. The Balaban J connectivity index is 0.000000633. The topological polar surface area (TPSA) is 93.9 Å². The Hall–Kier alpha value is -3.18. The Bertz CT molecular complexity index is 1050. The van der Waals surface area contributed by atoms with Crippen molar-refractivity contribution in [2.45, 2.75) is 18.0 Å². The van der Waals surface area contributed by atoms with Crippen LogP contribution in [0.4, 0.5) is 24.5 Å². The number of benzene rings is 2. The minimum Gasteiger partial charge on any atom is -0.495 e. The highest BCUT2D eigenvalue weighted by Gasteiger charge is 2.34. The van der Waals surface area contributed by atoms with Gasteiger partial charge in [0.25, 0.3) is 10.0 Å². The van der Waals surface area contributed by atoms with Crippen LogP contribution in [0.2, 0.25) is 0 Å². The van der Waals surface area contributed by atoms with Gasteiger partial charge in [0.2, 0.25) is 0 Å². The van der Waals surface area contributed by atoms with Crippen molar-refractivity contribution in [3.63, 3.8) is 0 Å². The minimum atomic E-state index is -4.67. The summed E-state index contributed by atoms with van der Waals surface area (Å²) in [4.78, 5) is 3.55. The molecule has 0 atom stereocenters. The number of nitrogens with one attached hydrogen (secondary N) is 1. The van der Waals surface area contributed by atoms with Crippen molar-refractivity contribution in [1.29, 1.82) is 0 Å². The molecule has 176 valence electrons. The number of rotatable bonds is 7. The van der Waals surface area contributed by atoms with Gasteiger partial charge in [-0.15, -0.1) is 0 Å². The van der Waals surface area contributed by atoms with Gasteiger partial charge < -0.3 is 14.9 Å².